The number of aromatic nitrogens is 2. The van der Waals surface area contributed by atoms with Gasteiger partial charge in [-0.05, 0) is 18.4 Å². The first kappa shape index (κ1) is 14.9. The Morgan fingerprint density at radius 2 is 1.95 bits per heavy atom. The van der Waals surface area contributed by atoms with Crippen molar-refractivity contribution < 1.29 is 13.9 Å². The maximum Gasteiger partial charge on any atom is 0.282 e. The lowest BCUT2D eigenvalue weighted by Crippen LogP contribution is -2.02. The van der Waals surface area contributed by atoms with Crippen molar-refractivity contribution in [1.29, 1.82) is 0 Å². The van der Waals surface area contributed by atoms with E-state index in [0.717, 1.165) is 12.8 Å². The van der Waals surface area contributed by atoms with Gasteiger partial charge in [-0.25, -0.2) is 8.78 Å². The largest absolute Gasteiger partial charge is 0.391 e. The minimum absolute atomic E-state index is 0.0152. The van der Waals surface area contributed by atoms with Crippen LogP contribution in [0.4, 0.5) is 8.78 Å². The van der Waals surface area contributed by atoms with E-state index in [1.54, 1.807) is 0 Å². The molecule has 0 saturated carbocycles. The number of alkyl halides is 2. The lowest BCUT2D eigenvalue weighted by atomic mass is 10.1. The summed E-state index contributed by atoms with van der Waals surface area (Å²) in [6.45, 7) is -0.0926. The summed E-state index contributed by atoms with van der Waals surface area (Å²) in [5.74, 6) is 0. The van der Waals surface area contributed by atoms with Crippen molar-refractivity contribution in [1.82, 2.24) is 9.78 Å². The molecule has 1 heterocycles. The van der Waals surface area contributed by atoms with E-state index in [4.69, 9.17) is 16.7 Å². The Kier molecular flexibility index (Phi) is 5.09. The van der Waals surface area contributed by atoms with E-state index >= 15 is 0 Å². The van der Waals surface area contributed by atoms with Crippen LogP contribution in [0.3, 0.4) is 0 Å². The summed E-state index contributed by atoms with van der Waals surface area (Å²) in [6, 6.07) is 9.86. The maximum absolute atomic E-state index is 12.7. The number of nitrogens with zero attached hydrogens (tertiary/aromatic N) is 2. The number of rotatable bonds is 6. The zero-order valence-electron chi connectivity index (χ0n) is 10.8. The second-order valence-corrected chi connectivity index (χ2v) is 4.78. The van der Waals surface area contributed by atoms with E-state index in [1.165, 1.54) is 10.2 Å². The van der Waals surface area contributed by atoms with Crippen molar-refractivity contribution in [2.75, 3.05) is 0 Å². The highest BCUT2D eigenvalue weighted by molar-refractivity contribution is 6.30. The number of hydrogen-bond donors (Lipinski definition) is 1. The van der Waals surface area contributed by atoms with Gasteiger partial charge in [0.1, 0.15) is 10.8 Å². The molecule has 6 heteroatoms. The van der Waals surface area contributed by atoms with Crippen molar-refractivity contribution in [3.63, 3.8) is 0 Å². The fourth-order valence-corrected chi connectivity index (χ4v) is 2.32. The van der Waals surface area contributed by atoms with E-state index < -0.39 is 18.7 Å². The van der Waals surface area contributed by atoms with Gasteiger partial charge in [-0.2, -0.15) is 5.10 Å². The zero-order chi connectivity index (χ0) is 14.5. The van der Waals surface area contributed by atoms with Crippen LogP contribution in [0, 0.1) is 0 Å². The SMILES string of the molecule is OCc1c(C(F)F)nn(CCCc2ccccc2)c1Cl. The number of hydrogen-bond acceptors (Lipinski definition) is 2. The molecule has 2 aromatic rings. The summed E-state index contributed by atoms with van der Waals surface area (Å²) in [5, 5.41) is 13.0. The first-order chi connectivity index (χ1) is 9.63. The molecule has 108 valence electrons. The fraction of sp³-hybridized carbons (Fsp3) is 0.357. The molecule has 20 heavy (non-hydrogen) atoms. The molecule has 0 fully saturated rings. The van der Waals surface area contributed by atoms with Gasteiger partial charge in [0.25, 0.3) is 6.43 Å². The quantitative estimate of drug-likeness (QED) is 0.885. The van der Waals surface area contributed by atoms with Crippen LogP contribution in [-0.4, -0.2) is 14.9 Å². The van der Waals surface area contributed by atoms with Crippen LogP contribution < -0.4 is 0 Å². The van der Waals surface area contributed by atoms with Gasteiger partial charge in [0, 0.05) is 12.1 Å². The topological polar surface area (TPSA) is 38.1 Å². The number of halogens is 3. The lowest BCUT2D eigenvalue weighted by molar-refractivity contribution is 0.141. The summed E-state index contributed by atoms with van der Waals surface area (Å²) in [6.07, 6.45) is -1.18. The highest BCUT2D eigenvalue weighted by atomic mass is 35.5. The van der Waals surface area contributed by atoms with Gasteiger partial charge in [-0.15, -0.1) is 0 Å². The second-order valence-electron chi connectivity index (χ2n) is 4.43. The van der Waals surface area contributed by atoms with Crippen molar-refractivity contribution >= 4 is 11.6 Å². The molecule has 0 spiro atoms. The molecule has 1 N–H and O–H groups in total. The molecule has 0 aliphatic heterocycles. The summed E-state index contributed by atoms with van der Waals surface area (Å²) in [4.78, 5) is 0. The first-order valence-electron chi connectivity index (χ1n) is 6.31. The van der Waals surface area contributed by atoms with E-state index in [0.29, 0.717) is 6.54 Å². The minimum atomic E-state index is -2.73. The van der Waals surface area contributed by atoms with E-state index in [-0.39, 0.29) is 10.7 Å². The lowest BCUT2D eigenvalue weighted by Gasteiger charge is -2.04. The summed E-state index contributed by atoms with van der Waals surface area (Å²) < 4.78 is 26.8. The Bertz CT molecular complexity index is 558. The summed E-state index contributed by atoms with van der Waals surface area (Å²) in [7, 11) is 0. The number of benzene rings is 1. The maximum atomic E-state index is 12.7. The third-order valence-corrected chi connectivity index (χ3v) is 3.48. The van der Waals surface area contributed by atoms with Crippen LogP contribution in [0.1, 0.15) is 29.7 Å². The normalized spacial score (nSPS) is 11.2. The minimum Gasteiger partial charge on any atom is -0.391 e. The molecular weight excluding hydrogens is 286 g/mol. The van der Waals surface area contributed by atoms with E-state index in [1.807, 2.05) is 30.3 Å². The van der Waals surface area contributed by atoms with Crippen molar-refractivity contribution in [2.24, 2.45) is 0 Å². The highest BCUT2D eigenvalue weighted by Crippen LogP contribution is 2.28. The van der Waals surface area contributed by atoms with E-state index in [9.17, 15) is 8.78 Å². The first-order valence-corrected chi connectivity index (χ1v) is 6.69. The molecule has 0 aliphatic rings. The average molecular weight is 301 g/mol. The van der Waals surface area contributed by atoms with Crippen LogP contribution in [0.5, 0.6) is 0 Å². The van der Waals surface area contributed by atoms with Crippen LogP contribution in [0.15, 0.2) is 30.3 Å². The van der Waals surface area contributed by atoms with Gasteiger partial charge >= 0.3 is 0 Å². The monoisotopic (exact) mass is 300 g/mol. The molecule has 0 bridgehead atoms. The Morgan fingerprint density at radius 1 is 1.25 bits per heavy atom. The number of aliphatic hydroxyl groups is 1. The van der Waals surface area contributed by atoms with Crippen LogP contribution in [0.2, 0.25) is 5.15 Å². The highest BCUT2D eigenvalue weighted by Gasteiger charge is 2.22. The third-order valence-electron chi connectivity index (χ3n) is 3.06. The number of aliphatic hydroxyl groups excluding tert-OH is 1. The summed E-state index contributed by atoms with van der Waals surface area (Å²) in [5.41, 5.74) is 0.755. The fourth-order valence-electron chi connectivity index (χ4n) is 2.04. The smallest absolute Gasteiger partial charge is 0.282 e. The Hall–Kier alpha value is -1.46. The van der Waals surface area contributed by atoms with Gasteiger partial charge in [0.2, 0.25) is 0 Å². The van der Waals surface area contributed by atoms with Crippen molar-refractivity contribution in [2.45, 2.75) is 32.4 Å². The standard InChI is InChI=1S/C14H15ClF2N2O/c15-13-11(9-20)12(14(16)17)18-19(13)8-4-7-10-5-2-1-3-6-10/h1-3,5-6,14,20H,4,7-9H2. The molecule has 0 atom stereocenters. The Morgan fingerprint density at radius 3 is 2.50 bits per heavy atom. The Labute approximate surface area is 120 Å². The van der Waals surface area contributed by atoms with Crippen molar-refractivity contribution in [3.8, 4) is 0 Å². The average Bonchev–Trinajstić information content (AvgIpc) is 2.77. The van der Waals surface area contributed by atoms with Gasteiger partial charge in [0.05, 0.1) is 6.61 Å². The second kappa shape index (κ2) is 6.81. The van der Waals surface area contributed by atoms with Crippen LogP contribution >= 0.6 is 11.6 Å². The molecule has 1 aromatic heterocycles. The zero-order valence-corrected chi connectivity index (χ0v) is 11.5. The van der Waals surface area contributed by atoms with Gasteiger partial charge in [-0.1, -0.05) is 41.9 Å². The number of aryl methyl sites for hydroxylation is 2. The van der Waals surface area contributed by atoms with E-state index in [2.05, 4.69) is 5.10 Å². The molecule has 1 aromatic carbocycles. The summed E-state index contributed by atoms with van der Waals surface area (Å²) >= 11 is 5.96. The van der Waals surface area contributed by atoms with Crippen molar-refractivity contribution in [3.05, 3.63) is 52.3 Å². The molecule has 0 radical (unpaired) electrons. The third kappa shape index (κ3) is 3.35. The van der Waals surface area contributed by atoms with Crippen LogP contribution in [0.25, 0.3) is 0 Å². The predicted octanol–water partition coefficient (Wildman–Crippen LogP) is 3.60. The predicted molar refractivity (Wildman–Crippen MR) is 72.9 cm³/mol. The molecule has 0 saturated heterocycles. The Balaban J connectivity index is 2.03. The van der Waals surface area contributed by atoms with Gasteiger partial charge in [0.15, 0.2) is 0 Å². The molecule has 0 amide bonds. The molecule has 3 nitrogen and oxygen atoms in total. The molecule has 0 unspecified atom stereocenters. The van der Waals surface area contributed by atoms with Crippen LogP contribution in [-0.2, 0) is 19.6 Å². The molecular formula is C14H15ClF2N2O. The molecule has 2 rings (SSSR count). The van der Waals surface area contributed by atoms with Gasteiger partial charge in [-0.3, -0.25) is 4.68 Å². The molecule has 0 aliphatic carbocycles. The van der Waals surface area contributed by atoms with Gasteiger partial charge < -0.3 is 5.11 Å².